The van der Waals surface area contributed by atoms with E-state index in [1.54, 1.807) is 7.11 Å². The van der Waals surface area contributed by atoms with Crippen LogP contribution in [-0.2, 0) is 13.1 Å². The lowest BCUT2D eigenvalue weighted by Gasteiger charge is -2.15. The van der Waals surface area contributed by atoms with Crippen molar-refractivity contribution in [2.75, 3.05) is 26.5 Å². The number of aromatic nitrogens is 1. The van der Waals surface area contributed by atoms with Crippen LogP contribution < -0.4 is 10.1 Å². The molecule has 1 aromatic carbocycles. The average Bonchev–Trinajstić information content (AvgIpc) is 2.45. The number of anilines is 1. The van der Waals surface area contributed by atoms with Gasteiger partial charge in [-0.1, -0.05) is 12.1 Å². The van der Waals surface area contributed by atoms with Crippen LogP contribution in [0.15, 0.2) is 41.0 Å². The van der Waals surface area contributed by atoms with Crippen LogP contribution in [0.2, 0.25) is 0 Å². The lowest BCUT2D eigenvalue weighted by Crippen LogP contribution is -2.11. The van der Waals surface area contributed by atoms with Crippen LogP contribution in [0.3, 0.4) is 0 Å². The Labute approximate surface area is 134 Å². The van der Waals surface area contributed by atoms with E-state index in [0.717, 1.165) is 28.3 Å². The average molecular weight is 350 g/mol. The smallest absolute Gasteiger partial charge is 0.141 e. The van der Waals surface area contributed by atoms with E-state index in [1.807, 2.05) is 24.3 Å². The molecule has 2 aromatic rings. The highest BCUT2D eigenvalue weighted by Crippen LogP contribution is 2.26. The van der Waals surface area contributed by atoms with Crippen molar-refractivity contribution < 1.29 is 4.74 Å². The second kappa shape index (κ2) is 7.43. The number of rotatable bonds is 6. The first-order valence-corrected chi connectivity index (χ1v) is 7.54. The molecule has 1 heterocycles. The van der Waals surface area contributed by atoms with Crippen LogP contribution in [0.5, 0.6) is 5.75 Å². The number of halogens is 1. The Hall–Kier alpha value is -1.59. The summed E-state index contributed by atoms with van der Waals surface area (Å²) >= 11 is 3.39. The maximum atomic E-state index is 5.41. The number of hydrogen-bond acceptors (Lipinski definition) is 4. The lowest BCUT2D eigenvalue weighted by molar-refractivity contribution is 0.400. The Morgan fingerprint density at radius 1 is 1.24 bits per heavy atom. The van der Waals surface area contributed by atoms with E-state index >= 15 is 0 Å². The fourth-order valence-corrected chi connectivity index (χ4v) is 2.47. The molecule has 0 aliphatic heterocycles. The quantitative estimate of drug-likeness (QED) is 0.809. The van der Waals surface area contributed by atoms with Gasteiger partial charge in [0.2, 0.25) is 0 Å². The van der Waals surface area contributed by atoms with Gasteiger partial charge in [-0.15, -0.1) is 0 Å². The minimum atomic E-state index is 0.654. The van der Waals surface area contributed by atoms with Gasteiger partial charge in [-0.2, -0.15) is 0 Å². The Bertz CT molecular complexity index is 602. The molecule has 4 nitrogen and oxygen atoms in total. The van der Waals surface area contributed by atoms with Crippen molar-refractivity contribution in [1.29, 1.82) is 0 Å². The maximum absolute atomic E-state index is 5.41. The van der Waals surface area contributed by atoms with E-state index in [0.29, 0.717) is 6.54 Å². The first kappa shape index (κ1) is 15.8. The van der Waals surface area contributed by atoms with Gasteiger partial charge in [0, 0.05) is 6.54 Å². The molecule has 0 radical (unpaired) electrons. The number of pyridine rings is 1. The van der Waals surface area contributed by atoms with E-state index in [-0.39, 0.29) is 0 Å². The van der Waals surface area contributed by atoms with Gasteiger partial charge >= 0.3 is 0 Å². The number of hydrogen-bond donors (Lipinski definition) is 1. The summed E-state index contributed by atoms with van der Waals surface area (Å²) in [6.07, 6.45) is 0. The Balaban J connectivity index is 2.13. The number of nitrogens with one attached hydrogen (secondary N) is 1. The minimum Gasteiger partial charge on any atom is -0.495 e. The van der Waals surface area contributed by atoms with Crippen LogP contribution >= 0.6 is 15.9 Å². The Morgan fingerprint density at radius 3 is 2.71 bits per heavy atom. The second-order valence-electron chi connectivity index (χ2n) is 5.08. The van der Waals surface area contributed by atoms with Crippen molar-refractivity contribution in [2.45, 2.75) is 13.1 Å². The van der Waals surface area contributed by atoms with Gasteiger partial charge in [0.1, 0.15) is 10.4 Å². The van der Waals surface area contributed by atoms with Crippen LogP contribution in [0, 0.1) is 0 Å². The fourth-order valence-electron chi connectivity index (χ4n) is 2.09. The number of methoxy groups -OCH3 is 1. The molecule has 1 aromatic heterocycles. The summed E-state index contributed by atoms with van der Waals surface area (Å²) in [5.41, 5.74) is 3.20. The number of nitrogens with zero attached hydrogens (tertiary/aromatic N) is 2. The third kappa shape index (κ3) is 4.72. The summed E-state index contributed by atoms with van der Waals surface area (Å²) in [4.78, 5) is 6.56. The highest BCUT2D eigenvalue weighted by atomic mass is 79.9. The maximum Gasteiger partial charge on any atom is 0.141 e. The molecule has 0 fully saturated rings. The Kier molecular flexibility index (Phi) is 5.59. The number of ether oxygens (including phenoxy) is 1. The third-order valence-electron chi connectivity index (χ3n) is 3.00. The molecule has 5 heteroatoms. The summed E-state index contributed by atoms with van der Waals surface area (Å²) in [7, 11) is 5.80. The summed E-state index contributed by atoms with van der Waals surface area (Å²) in [5.74, 6) is 0.840. The van der Waals surface area contributed by atoms with Gasteiger partial charge in [-0.05, 0) is 59.9 Å². The summed E-state index contributed by atoms with van der Waals surface area (Å²) in [6.45, 7) is 1.55. The lowest BCUT2D eigenvalue weighted by atomic mass is 10.1. The highest BCUT2D eigenvalue weighted by Gasteiger charge is 2.06. The zero-order valence-electron chi connectivity index (χ0n) is 12.6. The van der Waals surface area contributed by atoms with Crippen molar-refractivity contribution in [3.05, 3.63) is 52.3 Å². The molecule has 0 bridgehead atoms. The Morgan fingerprint density at radius 2 is 2.05 bits per heavy atom. The largest absolute Gasteiger partial charge is 0.495 e. The van der Waals surface area contributed by atoms with Gasteiger partial charge in [0.15, 0.2) is 0 Å². The molecule has 0 aliphatic rings. The van der Waals surface area contributed by atoms with Crippen molar-refractivity contribution in [3.63, 3.8) is 0 Å². The molecule has 0 saturated carbocycles. The molecule has 112 valence electrons. The first-order valence-electron chi connectivity index (χ1n) is 6.75. The van der Waals surface area contributed by atoms with E-state index < -0.39 is 0 Å². The molecular formula is C16H20BrN3O. The molecule has 0 amide bonds. The minimum absolute atomic E-state index is 0.654. The number of benzene rings is 1. The summed E-state index contributed by atoms with van der Waals surface area (Å²) < 4.78 is 6.25. The van der Waals surface area contributed by atoms with Gasteiger partial charge in [-0.25, -0.2) is 4.98 Å². The van der Waals surface area contributed by atoms with Crippen LogP contribution in [-0.4, -0.2) is 31.1 Å². The van der Waals surface area contributed by atoms with Crippen LogP contribution in [0.25, 0.3) is 0 Å². The molecule has 0 saturated heterocycles. The zero-order valence-corrected chi connectivity index (χ0v) is 14.1. The fraction of sp³-hybridized carbons (Fsp3) is 0.312. The SMILES string of the molecule is COc1ccc(CN(C)C)cc1NCc1cccc(Br)n1. The topological polar surface area (TPSA) is 37.4 Å². The highest BCUT2D eigenvalue weighted by molar-refractivity contribution is 9.10. The van der Waals surface area contributed by atoms with Gasteiger partial charge in [-0.3, -0.25) is 0 Å². The van der Waals surface area contributed by atoms with E-state index in [1.165, 1.54) is 5.56 Å². The van der Waals surface area contributed by atoms with Gasteiger partial charge < -0.3 is 15.0 Å². The molecule has 1 N–H and O–H groups in total. The molecule has 0 atom stereocenters. The molecule has 0 aliphatic carbocycles. The first-order chi connectivity index (χ1) is 10.1. The molecule has 0 unspecified atom stereocenters. The second-order valence-corrected chi connectivity index (χ2v) is 5.89. The van der Waals surface area contributed by atoms with E-state index in [2.05, 4.69) is 57.4 Å². The predicted molar refractivity (Wildman–Crippen MR) is 89.6 cm³/mol. The third-order valence-corrected chi connectivity index (χ3v) is 3.44. The van der Waals surface area contributed by atoms with Crippen molar-refractivity contribution >= 4 is 21.6 Å². The molecule has 0 spiro atoms. The zero-order chi connectivity index (χ0) is 15.2. The summed E-state index contributed by atoms with van der Waals surface area (Å²) in [6, 6.07) is 12.1. The standard InChI is InChI=1S/C16H20BrN3O/c1-20(2)11-12-7-8-15(21-3)14(9-12)18-10-13-5-4-6-16(17)19-13/h4-9,18H,10-11H2,1-3H3. The van der Waals surface area contributed by atoms with Crippen molar-refractivity contribution in [2.24, 2.45) is 0 Å². The van der Waals surface area contributed by atoms with Crippen molar-refractivity contribution in [3.8, 4) is 5.75 Å². The van der Waals surface area contributed by atoms with E-state index in [4.69, 9.17) is 4.74 Å². The predicted octanol–water partition coefficient (Wildman–Crippen LogP) is 3.53. The van der Waals surface area contributed by atoms with Crippen LogP contribution in [0.1, 0.15) is 11.3 Å². The molecule has 2 rings (SSSR count). The molecule has 21 heavy (non-hydrogen) atoms. The van der Waals surface area contributed by atoms with Gasteiger partial charge in [0.05, 0.1) is 25.0 Å². The van der Waals surface area contributed by atoms with Crippen LogP contribution in [0.4, 0.5) is 5.69 Å². The normalized spacial score (nSPS) is 10.7. The van der Waals surface area contributed by atoms with E-state index in [9.17, 15) is 0 Å². The summed E-state index contributed by atoms with van der Waals surface area (Å²) in [5, 5.41) is 3.39. The monoisotopic (exact) mass is 349 g/mol. The van der Waals surface area contributed by atoms with Crippen molar-refractivity contribution in [1.82, 2.24) is 9.88 Å². The molecular weight excluding hydrogens is 330 g/mol. The van der Waals surface area contributed by atoms with Gasteiger partial charge in [0.25, 0.3) is 0 Å².